The van der Waals surface area contributed by atoms with E-state index in [0.717, 1.165) is 70.7 Å². The number of hydrogen-bond acceptors (Lipinski definition) is 8. The van der Waals surface area contributed by atoms with Crippen LogP contribution in [0.4, 0.5) is 11.4 Å². The maximum absolute atomic E-state index is 13.5. The molecule has 6 rings (SSSR count). The van der Waals surface area contributed by atoms with Crippen LogP contribution in [0.1, 0.15) is 65.7 Å². The molecule has 0 saturated carbocycles. The normalized spacial score (nSPS) is 14.7. The molecule has 2 aromatic carbocycles. The number of aliphatic hydroxyl groups excluding tert-OH is 2. The molecule has 0 saturated heterocycles. The minimum absolute atomic E-state index is 0.0933. The minimum atomic E-state index is -0.273. The van der Waals surface area contributed by atoms with Crippen molar-refractivity contribution in [1.82, 2.24) is 19.8 Å². The van der Waals surface area contributed by atoms with Gasteiger partial charge in [-0.15, -0.1) is 0 Å². The number of pyridine rings is 2. The molecule has 4 aromatic rings. The van der Waals surface area contributed by atoms with Crippen LogP contribution in [-0.2, 0) is 25.9 Å². The summed E-state index contributed by atoms with van der Waals surface area (Å²) in [5.41, 5.74) is 12.1. The smallest absolute Gasteiger partial charge is 0.274 e. The van der Waals surface area contributed by atoms with Crippen molar-refractivity contribution in [2.24, 2.45) is 0 Å². The van der Waals surface area contributed by atoms with Crippen LogP contribution in [0.3, 0.4) is 0 Å². The van der Waals surface area contributed by atoms with Gasteiger partial charge in [-0.05, 0) is 109 Å². The Bertz CT molecular complexity index is 1740. The highest BCUT2D eigenvalue weighted by molar-refractivity contribution is 6.05. The van der Waals surface area contributed by atoms with Crippen LogP contribution in [0.5, 0.6) is 0 Å². The minimum Gasteiger partial charge on any atom is -0.395 e. The largest absolute Gasteiger partial charge is 0.395 e. The topological polar surface area (TPSA) is 131 Å². The van der Waals surface area contributed by atoms with Gasteiger partial charge in [0.05, 0.1) is 24.6 Å². The summed E-state index contributed by atoms with van der Waals surface area (Å²) in [6.07, 6.45) is 1.70. The molecule has 4 heterocycles. The number of rotatable bonds is 9. The van der Waals surface area contributed by atoms with Gasteiger partial charge in [0.2, 0.25) is 0 Å². The molecule has 0 aliphatic carbocycles. The molecule has 2 amide bonds. The SMILES string of the molecule is Cc1cc(C(=O)Nc2cccc(-c3cccc(NC(=O)c4cc(C)c5c(n4)CN(CCO)CC5)c3C)c2C)nc2c1CCN(CCO)C2. The molecule has 10 nitrogen and oxygen atoms in total. The fourth-order valence-electron chi connectivity index (χ4n) is 6.99. The van der Waals surface area contributed by atoms with Gasteiger partial charge in [-0.2, -0.15) is 0 Å². The predicted octanol–water partition coefficient (Wildman–Crippen LogP) is 4.58. The van der Waals surface area contributed by atoms with E-state index in [-0.39, 0.29) is 25.0 Å². The molecule has 0 spiro atoms. The average molecular weight is 649 g/mol. The molecule has 2 aromatic heterocycles. The molecule has 0 fully saturated rings. The van der Waals surface area contributed by atoms with Gasteiger partial charge < -0.3 is 20.8 Å². The van der Waals surface area contributed by atoms with Gasteiger partial charge in [-0.25, -0.2) is 9.97 Å². The molecule has 2 aliphatic rings. The van der Waals surface area contributed by atoms with Gasteiger partial charge in [0.15, 0.2) is 0 Å². The van der Waals surface area contributed by atoms with Gasteiger partial charge in [0.25, 0.3) is 11.8 Å². The third-order valence-corrected chi connectivity index (χ3v) is 9.72. The molecule has 250 valence electrons. The Morgan fingerprint density at radius 1 is 0.688 bits per heavy atom. The predicted molar refractivity (Wildman–Crippen MR) is 187 cm³/mol. The van der Waals surface area contributed by atoms with Crippen LogP contribution in [0, 0.1) is 27.7 Å². The second-order valence-corrected chi connectivity index (χ2v) is 12.9. The highest BCUT2D eigenvalue weighted by atomic mass is 16.3. The summed E-state index contributed by atoms with van der Waals surface area (Å²) >= 11 is 0. The highest BCUT2D eigenvalue weighted by Crippen LogP contribution is 2.34. The van der Waals surface area contributed by atoms with E-state index in [1.54, 1.807) is 0 Å². The Morgan fingerprint density at radius 2 is 1.10 bits per heavy atom. The molecule has 0 bridgehead atoms. The maximum Gasteiger partial charge on any atom is 0.274 e. The third-order valence-electron chi connectivity index (χ3n) is 9.72. The first-order valence-corrected chi connectivity index (χ1v) is 16.6. The zero-order chi connectivity index (χ0) is 33.9. The number of β-amino-alcohol motifs (C(OH)–C–C–N with tert-alkyl or cyclic N) is 2. The van der Waals surface area contributed by atoms with E-state index in [4.69, 9.17) is 9.97 Å². The molecular weight excluding hydrogens is 604 g/mol. The number of anilines is 2. The average Bonchev–Trinajstić information content (AvgIpc) is 3.06. The maximum atomic E-state index is 13.5. The summed E-state index contributed by atoms with van der Waals surface area (Å²) in [5.74, 6) is -0.545. The fourth-order valence-corrected chi connectivity index (χ4v) is 6.99. The Kier molecular flexibility index (Phi) is 9.98. The van der Waals surface area contributed by atoms with Crippen molar-refractivity contribution in [1.29, 1.82) is 0 Å². The van der Waals surface area contributed by atoms with E-state index >= 15 is 0 Å². The first kappa shape index (κ1) is 33.4. The van der Waals surface area contributed by atoms with Gasteiger partial charge in [-0.1, -0.05) is 24.3 Å². The Morgan fingerprint density at radius 3 is 1.50 bits per heavy atom. The van der Waals surface area contributed by atoms with Crippen molar-refractivity contribution >= 4 is 23.2 Å². The molecule has 4 N–H and O–H groups in total. The lowest BCUT2D eigenvalue weighted by Gasteiger charge is -2.28. The first-order chi connectivity index (χ1) is 23.2. The monoisotopic (exact) mass is 648 g/mol. The van der Waals surface area contributed by atoms with Gasteiger partial charge in [-0.3, -0.25) is 19.4 Å². The number of fused-ring (bicyclic) bond motifs is 2. The van der Waals surface area contributed by atoms with Crippen molar-refractivity contribution in [3.63, 3.8) is 0 Å². The van der Waals surface area contributed by atoms with E-state index in [2.05, 4.69) is 20.4 Å². The van der Waals surface area contributed by atoms with Crippen LogP contribution >= 0.6 is 0 Å². The molecule has 48 heavy (non-hydrogen) atoms. The number of carbonyl (C=O) groups excluding carboxylic acids is 2. The molecule has 2 aliphatic heterocycles. The summed E-state index contributed by atoms with van der Waals surface area (Å²) in [4.78, 5) is 40.8. The third kappa shape index (κ3) is 6.88. The van der Waals surface area contributed by atoms with Crippen molar-refractivity contribution in [3.05, 3.63) is 105 Å². The van der Waals surface area contributed by atoms with Crippen LogP contribution < -0.4 is 10.6 Å². The lowest BCUT2D eigenvalue weighted by atomic mass is 9.94. The quantitative estimate of drug-likeness (QED) is 0.208. The Hall–Kier alpha value is -4.48. The zero-order valence-electron chi connectivity index (χ0n) is 28.2. The van der Waals surface area contributed by atoms with E-state index in [1.807, 2.05) is 76.2 Å². The standard InChI is InChI=1S/C38H44N6O4/c1-23-19-33(39-35-21-43(15-17-45)13-11-27(23)35)37(47)41-31-9-5-7-29(25(31)3)30-8-6-10-32(26(30)4)42-38(48)34-20-24(2)28-12-14-44(16-18-46)22-36(28)40-34/h5-10,19-20,45-46H,11-18,21-22H2,1-4H3,(H,41,47)(H,42,48). The number of benzene rings is 2. The van der Waals surface area contributed by atoms with Crippen LogP contribution in [0.2, 0.25) is 0 Å². The Balaban J connectivity index is 1.22. The summed E-state index contributed by atoms with van der Waals surface area (Å²) in [6, 6.07) is 15.4. The molecule has 0 radical (unpaired) electrons. The lowest BCUT2D eigenvalue weighted by molar-refractivity contribution is 0.101. The zero-order valence-corrected chi connectivity index (χ0v) is 28.2. The molecule has 0 atom stereocenters. The number of nitrogens with one attached hydrogen (secondary N) is 2. The van der Waals surface area contributed by atoms with Gasteiger partial charge in [0, 0.05) is 50.6 Å². The first-order valence-electron chi connectivity index (χ1n) is 16.6. The molecular formula is C38H44N6O4. The number of nitrogens with zero attached hydrogens (tertiary/aromatic N) is 4. The molecule has 0 unspecified atom stereocenters. The van der Waals surface area contributed by atoms with E-state index in [1.165, 1.54) is 11.1 Å². The van der Waals surface area contributed by atoms with E-state index < -0.39 is 0 Å². The lowest BCUT2D eigenvalue weighted by Crippen LogP contribution is -2.34. The number of amides is 2. The van der Waals surface area contributed by atoms with E-state index in [0.29, 0.717) is 48.9 Å². The van der Waals surface area contributed by atoms with Crippen LogP contribution in [0.15, 0.2) is 48.5 Å². The highest BCUT2D eigenvalue weighted by Gasteiger charge is 2.24. The number of aromatic nitrogens is 2. The van der Waals surface area contributed by atoms with Crippen LogP contribution in [-0.4, -0.2) is 81.2 Å². The number of hydrogen-bond donors (Lipinski definition) is 4. The van der Waals surface area contributed by atoms with Crippen molar-refractivity contribution in [3.8, 4) is 11.1 Å². The summed E-state index contributed by atoms with van der Waals surface area (Å²) in [5, 5.41) is 24.9. The van der Waals surface area contributed by atoms with Crippen LogP contribution in [0.25, 0.3) is 11.1 Å². The Labute approximate surface area is 281 Å². The van der Waals surface area contributed by atoms with Crippen molar-refractivity contribution < 1.29 is 19.8 Å². The second kappa shape index (κ2) is 14.3. The number of aliphatic hydroxyl groups is 2. The van der Waals surface area contributed by atoms with Gasteiger partial charge in [0.1, 0.15) is 11.4 Å². The molecule has 10 heteroatoms. The fraction of sp³-hybridized carbons (Fsp3) is 0.368. The van der Waals surface area contributed by atoms with Crippen molar-refractivity contribution in [2.75, 3.05) is 50.0 Å². The number of aryl methyl sites for hydroxylation is 2. The van der Waals surface area contributed by atoms with E-state index in [9.17, 15) is 19.8 Å². The summed E-state index contributed by atoms with van der Waals surface area (Å²) in [7, 11) is 0. The number of carbonyl (C=O) groups is 2. The van der Waals surface area contributed by atoms with Gasteiger partial charge >= 0.3 is 0 Å². The van der Waals surface area contributed by atoms with Crippen molar-refractivity contribution in [2.45, 2.75) is 53.6 Å². The summed E-state index contributed by atoms with van der Waals surface area (Å²) < 4.78 is 0. The second-order valence-electron chi connectivity index (χ2n) is 12.9. The summed E-state index contributed by atoms with van der Waals surface area (Å²) in [6.45, 7) is 12.3.